The molecule has 1 fully saturated rings. The summed E-state index contributed by atoms with van der Waals surface area (Å²) >= 11 is 0. The molecule has 1 aliphatic rings. The Morgan fingerprint density at radius 3 is 2.55 bits per heavy atom. The number of aliphatic hydroxyl groups excluding tert-OH is 1. The molecular weight excluding hydrogens is 278 g/mol. The molecule has 0 unspecified atom stereocenters. The fraction of sp³-hybridized carbons (Fsp3) is 0.571. The Kier molecular flexibility index (Phi) is 4.80. The van der Waals surface area contributed by atoms with E-state index < -0.39 is 10.0 Å². The van der Waals surface area contributed by atoms with E-state index in [0.717, 1.165) is 5.56 Å². The van der Waals surface area contributed by atoms with Gasteiger partial charge < -0.3 is 9.84 Å². The van der Waals surface area contributed by atoms with Crippen molar-refractivity contribution >= 4 is 10.0 Å². The van der Waals surface area contributed by atoms with Gasteiger partial charge in [0.1, 0.15) is 0 Å². The summed E-state index contributed by atoms with van der Waals surface area (Å²) in [5.74, 6) is 0. The average Bonchev–Trinajstić information content (AvgIpc) is 2.47. The van der Waals surface area contributed by atoms with Crippen molar-refractivity contribution in [2.45, 2.75) is 37.4 Å². The van der Waals surface area contributed by atoms with Crippen molar-refractivity contribution in [2.75, 3.05) is 20.2 Å². The van der Waals surface area contributed by atoms with Crippen LogP contribution >= 0.6 is 0 Å². The van der Waals surface area contributed by atoms with Crippen LogP contribution in [0.3, 0.4) is 0 Å². The van der Waals surface area contributed by atoms with Gasteiger partial charge in [0, 0.05) is 20.2 Å². The predicted molar refractivity (Wildman–Crippen MR) is 75.9 cm³/mol. The normalized spacial score (nSPS) is 18.4. The van der Waals surface area contributed by atoms with Crippen LogP contribution in [0.5, 0.6) is 0 Å². The van der Waals surface area contributed by atoms with E-state index in [4.69, 9.17) is 4.74 Å². The Bertz CT molecular complexity index is 563. The maximum absolute atomic E-state index is 12.6. The lowest BCUT2D eigenvalue weighted by Gasteiger charge is -2.30. The summed E-state index contributed by atoms with van der Waals surface area (Å²) in [7, 11) is -1.82. The van der Waals surface area contributed by atoms with Crippen LogP contribution in [0.15, 0.2) is 23.1 Å². The summed E-state index contributed by atoms with van der Waals surface area (Å²) < 4.78 is 31.9. The van der Waals surface area contributed by atoms with Gasteiger partial charge in [-0.15, -0.1) is 0 Å². The van der Waals surface area contributed by atoms with Crippen LogP contribution in [-0.4, -0.2) is 44.1 Å². The highest BCUT2D eigenvalue weighted by Gasteiger charge is 2.29. The van der Waals surface area contributed by atoms with Crippen LogP contribution < -0.4 is 0 Å². The summed E-state index contributed by atoms with van der Waals surface area (Å²) in [4.78, 5) is 0.253. The minimum atomic E-state index is -3.48. The first-order valence-corrected chi connectivity index (χ1v) is 8.16. The number of ether oxygens (including phenoxy) is 1. The first-order valence-electron chi connectivity index (χ1n) is 6.72. The number of benzene rings is 1. The Labute approximate surface area is 120 Å². The van der Waals surface area contributed by atoms with Gasteiger partial charge in [0.2, 0.25) is 10.0 Å². The highest BCUT2D eigenvalue weighted by molar-refractivity contribution is 7.89. The van der Waals surface area contributed by atoms with E-state index in [-0.39, 0.29) is 17.6 Å². The molecule has 0 saturated carbocycles. The van der Waals surface area contributed by atoms with Crippen LogP contribution in [0.1, 0.15) is 24.0 Å². The van der Waals surface area contributed by atoms with E-state index in [1.54, 1.807) is 25.3 Å². The number of sulfonamides is 1. The zero-order valence-corrected chi connectivity index (χ0v) is 12.7. The summed E-state index contributed by atoms with van der Waals surface area (Å²) in [5.41, 5.74) is 1.54. The van der Waals surface area contributed by atoms with E-state index in [0.29, 0.717) is 31.5 Å². The van der Waals surface area contributed by atoms with Crippen LogP contribution in [0, 0.1) is 6.92 Å². The molecule has 0 amide bonds. The average molecular weight is 299 g/mol. The number of nitrogens with zero attached hydrogens (tertiary/aromatic N) is 1. The standard InChI is InChI=1S/C14H21NO4S/c1-11-3-4-14(9-12(11)10-16)20(17,18)15-7-5-13(19-2)6-8-15/h3-4,9,13,16H,5-8,10H2,1-2H3. The molecule has 2 rings (SSSR count). The smallest absolute Gasteiger partial charge is 0.243 e. The van der Waals surface area contributed by atoms with Crippen molar-refractivity contribution in [3.8, 4) is 0 Å². The minimum Gasteiger partial charge on any atom is -0.392 e. The third kappa shape index (κ3) is 3.03. The van der Waals surface area contributed by atoms with Crippen molar-refractivity contribution in [1.29, 1.82) is 0 Å². The van der Waals surface area contributed by atoms with Crippen LogP contribution in [0.2, 0.25) is 0 Å². The third-order valence-electron chi connectivity index (χ3n) is 3.86. The molecule has 1 aromatic carbocycles. The van der Waals surface area contributed by atoms with Crippen LogP contribution in [-0.2, 0) is 21.4 Å². The Morgan fingerprint density at radius 1 is 1.35 bits per heavy atom. The maximum Gasteiger partial charge on any atom is 0.243 e. The topological polar surface area (TPSA) is 66.8 Å². The molecule has 1 heterocycles. The quantitative estimate of drug-likeness (QED) is 0.909. The molecule has 0 radical (unpaired) electrons. The Balaban J connectivity index is 2.22. The van der Waals surface area contributed by atoms with Gasteiger partial charge >= 0.3 is 0 Å². The second-order valence-corrected chi connectivity index (χ2v) is 7.02. The molecular formula is C14H21NO4S. The summed E-state index contributed by atoms with van der Waals surface area (Å²) in [6, 6.07) is 4.90. The van der Waals surface area contributed by atoms with Crippen LogP contribution in [0.4, 0.5) is 0 Å². The molecule has 1 saturated heterocycles. The monoisotopic (exact) mass is 299 g/mol. The zero-order valence-electron chi connectivity index (χ0n) is 11.9. The van der Waals surface area contributed by atoms with E-state index in [2.05, 4.69) is 0 Å². The Hall–Kier alpha value is -0.950. The molecule has 1 aromatic rings. The molecule has 6 heteroatoms. The molecule has 1 aliphatic heterocycles. The lowest BCUT2D eigenvalue weighted by atomic mass is 10.1. The van der Waals surface area contributed by atoms with E-state index >= 15 is 0 Å². The highest BCUT2D eigenvalue weighted by Crippen LogP contribution is 2.23. The van der Waals surface area contributed by atoms with E-state index in [1.165, 1.54) is 4.31 Å². The lowest BCUT2D eigenvalue weighted by Crippen LogP contribution is -2.40. The molecule has 112 valence electrons. The van der Waals surface area contributed by atoms with Crippen molar-refractivity contribution in [3.63, 3.8) is 0 Å². The minimum absolute atomic E-state index is 0.146. The van der Waals surface area contributed by atoms with Gasteiger partial charge in [0.15, 0.2) is 0 Å². The first-order chi connectivity index (χ1) is 9.48. The molecule has 20 heavy (non-hydrogen) atoms. The third-order valence-corrected chi connectivity index (χ3v) is 5.76. The highest BCUT2D eigenvalue weighted by atomic mass is 32.2. The summed E-state index contributed by atoms with van der Waals surface area (Å²) in [6.45, 7) is 2.65. The summed E-state index contributed by atoms with van der Waals surface area (Å²) in [5, 5.41) is 9.26. The van der Waals surface area contributed by atoms with Gasteiger partial charge in [0.25, 0.3) is 0 Å². The lowest BCUT2D eigenvalue weighted by molar-refractivity contribution is 0.0604. The maximum atomic E-state index is 12.6. The molecule has 0 aliphatic carbocycles. The number of rotatable bonds is 4. The van der Waals surface area contributed by atoms with Crippen LogP contribution in [0.25, 0.3) is 0 Å². The van der Waals surface area contributed by atoms with Crippen molar-refractivity contribution in [3.05, 3.63) is 29.3 Å². The molecule has 0 spiro atoms. The molecule has 5 nitrogen and oxygen atoms in total. The second kappa shape index (κ2) is 6.22. The second-order valence-electron chi connectivity index (χ2n) is 5.09. The van der Waals surface area contributed by atoms with Gasteiger partial charge in [-0.2, -0.15) is 4.31 Å². The number of hydrogen-bond acceptors (Lipinski definition) is 4. The van der Waals surface area contributed by atoms with Gasteiger partial charge in [-0.25, -0.2) is 8.42 Å². The van der Waals surface area contributed by atoms with Crippen molar-refractivity contribution in [2.24, 2.45) is 0 Å². The number of piperidine rings is 1. The number of hydrogen-bond donors (Lipinski definition) is 1. The fourth-order valence-corrected chi connectivity index (χ4v) is 3.96. The summed E-state index contributed by atoms with van der Waals surface area (Å²) in [6.07, 6.45) is 1.58. The molecule has 0 aromatic heterocycles. The molecule has 0 bridgehead atoms. The van der Waals surface area contributed by atoms with E-state index in [9.17, 15) is 13.5 Å². The molecule has 0 atom stereocenters. The Morgan fingerprint density at radius 2 is 2.00 bits per heavy atom. The first kappa shape index (κ1) is 15.4. The predicted octanol–water partition coefficient (Wildman–Crippen LogP) is 1.29. The van der Waals surface area contributed by atoms with Gasteiger partial charge in [-0.3, -0.25) is 0 Å². The van der Waals surface area contributed by atoms with Gasteiger partial charge in [0.05, 0.1) is 17.6 Å². The van der Waals surface area contributed by atoms with Crippen molar-refractivity contribution in [1.82, 2.24) is 4.31 Å². The SMILES string of the molecule is COC1CCN(S(=O)(=O)c2ccc(C)c(CO)c2)CC1. The van der Waals surface area contributed by atoms with Gasteiger partial charge in [-0.05, 0) is 43.0 Å². The fourth-order valence-electron chi connectivity index (χ4n) is 2.44. The largest absolute Gasteiger partial charge is 0.392 e. The van der Waals surface area contributed by atoms with E-state index in [1.807, 2.05) is 6.92 Å². The number of methoxy groups -OCH3 is 1. The number of aliphatic hydroxyl groups is 1. The van der Waals surface area contributed by atoms with Crippen molar-refractivity contribution < 1.29 is 18.3 Å². The number of aryl methyl sites for hydroxylation is 1. The van der Waals surface area contributed by atoms with Gasteiger partial charge in [-0.1, -0.05) is 6.07 Å². The zero-order chi connectivity index (χ0) is 14.8. The molecule has 1 N–H and O–H groups in total.